The summed E-state index contributed by atoms with van der Waals surface area (Å²) in [5.74, 6) is 1.40. The number of morpholine rings is 1. The molecule has 5 nitrogen and oxygen atoms in total. The Morgan fingerprint density at radius 2 is 1.92 bits per heavy atom. The van der Waals surface area contributed by atoms with Crippen LogP contribution in [-0.2, 0) is 4.74 Å². The van der Waals surface area contributed by atoms with Gasteiger partial charge in [0.25, 0.3) is 0 Å². The van der Waals surface area contributed by atoms with Gasteiger partial charge in [-0.1, -0.05) is 43.6 Å². The lowest BCUT2D eigenvalue weighted by atomic mass is 10.0. The Kier molecular flexibility index (Phi) is 11.5. The zero-order valence-electron chi connectivity index (χ0n) is 16.0. The van der Waals surface area contributed by atoms with Crippen molar-refractivity contribution in [1.82, 2.24) is 15.5 Å². The molecule has 0 saturated carbocycles. The van der Waals surface area contributed by atoms with Crippen molar-refractivity contribution in [3.8, 4) is 0 Å². The molecule has 1 aromatic rings. The predicted octanol–water partition coefficient (Wildman–Crippen LogP) is 3.54. The average molecular weight is 495 g/mol. The van der Waals surface area contributed by atoms with E-state index in [4.69, 9.17) is 16.3 Å². The number of halogens is 2. The van der Waals surface area contributed by atoms with E-state index in [-0.39, 0.29) is 30.0 Å². The van der Waals surface area contributed by atoms with Gasteiger partial charge in [0, 0.05) is 37.7 Å². The van der Waals surface area contributed by atoms with Crippen molar-refractivity contribution in [3.05, 3.63) is 34.9 Å². The number of hydrogen-bond donors (Lipinski definition) is 2. The topological polar surface area (TPSA) is 48.9 Å². The van der Waals surface area contributed by atoms with Gasteiger partial charge in [-0.15, -0.1) is 24.0 Å². The number of nitrogens with one attached hydrogen (secondary N) is 2. The second kappa shape index (κ2) is 12.8. The Hall–Kier alpha value is -0.570. The van der Waals surface area contributed by atoms with Gasteiger partial charge < -0.3 is 15.4 Å². The second-order valence-electron chi connectivity index (χ2n) is 6.68. The van der Waals surface area contributed by atoms with Gasteiger partial charge in [-0.2, -0.15) is 0 Å². The van der Waals surface area contributed by atoms with E-state index >= 15 is 0 Å². The molecule has 26 heavy (non-hydrogen) atoms. The first kappa shape index (κ1) is 23.5. The van der Waals surface area contributed by atoms with Gasteiger partial charge in [-0.3, -0.25) is 9.89 Å². The Morgan fingerprint density at radius 1 is 1.23 bits per heavy atom. The third kappa shape index (κ3) is 7.58. The van der Waals surface area contributed by atoms with Gasteiger partial charge >= 0.3 is 0 Å². The van der Waals surface area contributed by atoms with Gasteiger partial charge in [0.1, 0.15) is 0 Å². The molecule has 1 unspecified atom stereocenters. The van der Waals surface area contributed by atoms with Crippen LogP contribution in [0.3, 0.4) is 0 Å². The van der Waals surface area contributed by atoms with Gasteiger partial charge in [-0.05, 0) is 24.5 Å². The average Bonchev–Trinajstić information content (AvgIpc) is 2.62. The highest BCUT2D eigenvalue weighted by Crippen LogP contribution is 2.27. The molecule has 0 aromatic heterocycles. The number of hydrogen-bond acceptors (Lipinski definition) is 3. The fourth-order valence-electron chi connectivity index (χ4n) is 2.88. The molecular weight excluding hydrogens is 463 g/mol. The molecule has 0 radical (unpaired) electrons. The first-order valence-electron chi connectivity index (χ1n) is 9.20. The first-order chi connectivity index (χ1) is 12.1. The monoisotopic (exact) mass is 494 g/mol. The lowest BCUT2D eigenvalue weighted by molar-refractivity contribution is 0.0170. The van der Waals surface area contributed by atoms with Gasteiger partial charge in [-0.25, -0.2) is 0 Å². The molecule has 1 atom stereocenters. The summed E-state index contributed by atoms with van der Waals surface area (Å²) in [5, 5.41) is 7.63. The quantitative estimate of drug-likeness (QED) is 0.346. The van der Waals surface area contributed by atoms with Crippen LogP contribution in [-0.4, -0.2) is 56.8 Å². The maximum Gasteiger partial charge on any atom is 0.191 e. The molecule has 7 heteroatoms. The van der Waals surface area contributed by atoms with E-state index in [0.29, 0.717) is 5.92 Å². The molecular formula is C19H32ClIN4O. The van der Waals surface area contributed by atoms with Crippen molar-refractivity contribution >= 4 is 41.5 Å². The van der Waals surface area contributed by atoms with Crippen molar-refractivity contribution in [1.29, 1.82) is 0 Å². The van der Waals surface area contributed by atoms with Gasteiger partial charge in [0.2, 0.25) is 0 Å². The molecule has 1 aliphatic rings. The highest BCUT2D eigenvalue weighted by atomic mass is 127. The third-order valence-corrected chi connectivity index (χ3v) is 4.52. The number of benzene rings is 1. The SMILES string of the molecule is CCNC(=NCC(C)C)NCC(c1ccccc1Cl)N1CCOCC1.I. The van der Waals surface area contributed by atoms with Crippen molar-refractivity contribution in [2.24, 2.45) is 10.9 Å². The van der Waals surface area contributed by atoms with E-state index < -0.39 is 0 Å². The Labute approximate surface area is 179 Å². The van der Waals surface area contributed by atoms with Crippen molar-refractivity contribution in [2.45, 2.75) is 26.8 Å². The van der Waals surface area contributed by atoms with Crippen molar-refractivity contribution < 1.29 is 4.74 Å². The standard InChI is InChI=1S/C19H31ClN4O.HI/c1-4-21-19(22-13-15(2)3)23-14-18(24-9-11-25-12-10-24)16-7-5-6-8-17(16)20;/h5-8,15,18H,4,9-14H2,1-3H3,(H2,21,22,23);1H. The predicted molar refractivity (Wildman–Crippen MR) is 121 cm³/mol. The maximum atomic E-state index is 6.49. The third-order valence-electron chi connectivity index (χ3n) is 4.17. The fraction of sp³-hybridized carbons (Fsp3) is 0.632. The minimum atomic E-state index is 0. The number of aliphatic imine (C=N–C) groups is 1. The van der Waals surface area contributed by atoms with E-state index in [1.54, 1.807) is 0 Å². The highest BCUT2D eigenvalue weighted by Gasteiger charge is 2.24. The second-order valence-corrected chi connectivity index (χ2v) is 7.09. The molecule has 2 N–H and O–H groups in total. The molecule has 1 aromatic carbocycles. The van der Waals surface area contributed by atoms with Crippen LogP contribution in [0.25, 0.3) is 0 Å². The summed E-state index contributed by atoms with van der Waals surface area (Å²) in [7, 11) is 0. The van der Waals surface area contributed by atoms with E-state index in [0.717, 1.165) is 62.5 Å². The normalized spacial score (nSPS) is 16.9. The fourth-order valence-corrected chi connectivity index (χ4v) is 3.14. The molecule has 2 rings (SSSR count). The van der Waals surface area contributed by atoms with E-state index in [9.17, 15) is 0 Å². The Morgan fingerprint density at radius 3 is 2.54 bits per heavy atom. The zero-order chi connectivity index (χ0) is 18.1. The summed E-state index contributed by atoms with van der Waals surface area (Å²) >= 11 is 6.49. The first-order valence-corrected chi connectivity index (χ1v) is 9.58. The lowest BCUT2D eigenvalue weighted by Gasteiger charge is -2.35. The number of nitrogens with zero attached hydrogens (tertiary/aromatic N) is 2. The summed E-state index contributed by atoms with van der Waals surface area (Å²) in [5.41, 5.74) is 1.15. The minimum Gasteiger partial charge on any atom is -0.379 e. The van der Waals surface area contributed by atoms with Crippen LogP contribution in [0.15, 0.2) is 29.3 Å². The van der Waals surface area contributed by atoms with Crippen molar-refractivity contribution in [2.75, 3.05) is 45.9 Å². The summed E-state index contributed by atoms with van der Waals surface area (Å²) in [6, 6.07) is 8.29. The van der Waals surface area contributed by atoms with Crippen LogP contribution in [0.2, 0.25) is 5.02 Å². The summed E-state index contributed by atoms with van der Waals surface area (Å²) in [6.45, 7) is 12.2. The van der Waals surface area contributed by atoms with Crippen LogP contribution in [0.4, 0.5) is 0 Å². The molecule has 0 bridgehead atoms. The maximum absolute atomic E-state index is 6.49. The minimum absolute atomic E-state index is 0. The number of rotatable bonds is 7. The molecule has 1 fully saturated rings. The smallest absolute Gasteiger partial charge is 0.191 e. The highest BCUT2D eigenvalue weighted by molar-refractivity contribution is 14.0. The number of ether oxygens (including phenoxy) is 1. The summed E-state index contributed by atoms with van der Waals surface area (Å²) < 4.78 is 5.51. The molecule has 1 heterocycles. The zero-order valence-corrected chi connectivity index (χ0v) is 19.1. The molecule has 0 aliphatic carbocycles. The van der Waals surface area contributed by atoms with Crippen LogP contribution in [0.1, 0.15) is 32.4 Å². The van der Waals surface area contributed by atoms with E-state index in [2.05, 4.69) is 47.4 Å². The molecule has 1 aliphatic heterocycles. The lowest BCUT2D eigenvalue weighted by Crippen LogP contribution is -2.46. The summed E-state index contributed by atoms with van der Waals surface area (Å²) in [4.78, 5) is 7.10. The van der Waals surface area contributed by atoms with Gasteiger partial charge in [0.15, 0.2) is 5.96 Å². The van der Waals surface area contributed by atoms with Crippen LogP contribution in [0, 0.1) is 5.92 Å². The molecule has 148 valence electrons. The molecule has 0 spiro atoms. The van der Waals surface area contributed by atoms with E-state index in [1.807, 2.05) is 18.2 Å². The van der Waals surface area contributed by atoms with Crippen LogP contribution >= 0.6 is 35.6 Å². The molecule has 1 saturated heterocycles. The largest absolute Gasteiger partial charge is 0.379 e. The molecule has 0 amide bonds. The summed E-state index contributed by atoms with van der Waals surface area (Å²) in [6.07, 6.45) is 0. The van der Waals surface area contributed by atoms with E-state index in [1.165, 1.54) is 0 Å². The van der Waals surface area contributed by atoms with Crippen LogP contribution < -0.4 is 10.6 Å². The van der Waals surface area contributed by atoms with Gasteiger partial charge in [0.05, 0.1) is 19.3 Å². The van der Waals surface area contributed by atoms with Crippen LogP contribution in [0.5, 0.6) is 0 Å². The number of guanidine groups is 1. The Balaban J connectivity index is 0.00000338. The van der Waals surface area contributed by atoms with Crippen molar-refractivity contribution in [3.63, 3.8) is 0 Å². The Bertz CT molecular complexity index is 550.